The molecular weight excluding hydrogens is 360 g/mol. The molecule has 2 aromatic rings. The minimum Gasteiger partial charge on any atom is -0.356 e. The van der Waals surface area contributed by atoms with E-state index in [4.69, 9.17) is 0 Å². The molecule has 0 radical (unpaired) electrons. The van der Waals surface area contributed by atoms with E-state index < -0.39 is 0 Å². The minimum atomic E-state index is 0.0548. The Morgan fingerprint density at radius 2 is 2.04 bits per heavy atom. The minimum absolute atomic E-state index is 0.0548. The lowest BCUT2D eigenvalue weighted by atomic mass is 10.2. The Labute approximate surface area is 164 Å². The summed E-state index contributed by atoms with van der Waals surface area (Å²) in [5.74, 6) is 0.530. The van der Waals surface area contributed by atoms with Gasteiger partial charge < -0.3 is 10.2 Å². The van der Waals surface area contributed by atoms with Gasteiger partial charge in [-0.1, -0.05) is 43.3 Å². The van der Waals surface area contributed by atoms with Gasteiger partial charge in [-0.15, -0.1) is 0 Å². The average Bonchev–Trinajstić information content (AvgIpc) is 3.01. The molecule has 6 nitrogen and oxygen atoms in total. The first-order chi connectivity index (χ1) is 13.1. The number of fused-ring (bicyclic) bond motifs is 1. The molecule has 0 saturated heterocycles. The summed E-state index contributed by atoms with van der Waals surface area (Å²) in [6.07, 6.45) is 3.13. The molecule has 1 aliphatic rings. The Hall–Kier alpha value is -2.28. The molecule has 0 saturated carbocycles. The molecule has 1 aromatic carbocycles. The predicted molar refractivity (Wildman–Crippen MR) is 109 cm³/mol. The Balaban J connectivity index is 1.71. The Morgan fingerprint density at radius 1 is 1.26 bits per heavy atom. The number of nitrogens with one attached hydrogen (secondary N) is 1. The van der Waals surface area contributed by atoms with Crippen LogP contribution in [0.5, 0.6) is 0 Å². The van der Waals surface area contributed by atoms with Crippen LogP contribution in [0.1, 0.15) is 38.3 Å². The average molecular weight is 387 g/mol. The van der Waals surface area contributed by atoms with Gasteiger partial charge in [-0.05, 0) is 31.9 Å². The van der Waals surface area contributed by atoms with Gasteiger partial charge >= 0.3 is 0 Å². The van der Waals surface area contributed by atoms with E-state index >= 15 is 0 Å². The van der Waals surface area contributed by atoms with Crippen molar-refractivity contribution in [3.63, 3.8) is 0 Å². The largest absolute Gasteiger partial charge is 0.356 e. The van der Waals surface area contributed by atoms with Gasteiger partial charge in [0, 0.05) is 19.5 Å². The Kier molecular flexibility index (Phi) is 6.55. The number of unbranched alkanes of at least 4 members (excludes halogenated alkanes) is 1. The fourth-order valence-electron chi connectivity index (χ4n) is 3.14. The lowest BCUT2D eigenvalue weighted by Crippen LogP contribution is -2.37. The number of nitrogens with zero attached hydrogens (tertiary/aromatic N) is 3. The second-order valence-corrected chi connectivity index (χ2v) is 7.59. The first kappa shape index (κ1) is 19.5. The van der Waals surface area contributed by atoms with E-state index in [2.05, 4.69) is 17.3 Å². The highest BCUT2D eigenvalue weighted by Gasteiger charge is 2.31. The number of amides is 2. The van der Waals surface area contributed by atoms with E-state index in [1.54, 1.807) is 4.90 Å². The highest BCUT2D eigenvalue weighted by molar-refractivity contribution is 8.00. The smallest absolute Gasteiger partial charge is 0.237 e. The zero-order valence-corrected chi connectivity index (χ0v) is 16.7. The van der Waals surface area contributed by atoms with Gasteiger partial charge in [-0.25, -0.2) is 4.68 Å². The SMILES string of the molecule is CCCCNC(=O)CCCN1C(=O)CSc2c1c(C)nn2-c1ccccc1. The number of carbonyl (C=O) groups is 2. The van der Waals surface area contributed by atoms with Gasteiger partial charge in [0.05, 0.1) is 22.8 Å². The number of hydrogen-bond donors (Lipinski definition) is 1. The summed E-state index contributed by atoms with van der Waals surface area (Å²) >= 11 is 1.53. The monoisotopic (exact) mass is 386 g/mol. The second-order valence-electron chi connectivity index (χ2n) is 6.63. The van der Waals surface area contributed by atoms with Crippen molar-refractivity contribution in [2.24, 2.45) is 0 Å². The van der Waals surface area contributed by atoms with Gasteiger partial charge in [0.1, 0.15) is 5.03 Å². The molecule has 0 unspecified atom stereocenters. The van der Waals surface area contributed by atoms with Crippen LogP contribution >= 0.6 is 11.8 Å². The Bertz CT molecular complexity index is 804. The highest BCUT2D eigenvalue weighted by Crippen LogP contribution is 2.39. The molecule has 1 aliphatic heterocycles. The third-order valence-electron chi connectivity index (χ3n) is 4.53. The number of rotatable bonds is 8. The van der Waals surface area contributed by atoms with Crippen molar-refractivity contribution in [2.75, 3.05) is 23.7 Å². The third-order valence-corrected chi connectivity index (χ3v) is 5.56. The Morgan fingerprint density at radius 3 is 2.78 bits per heavy atom. The molecule has 0 spiro atoms. The van der Waals surface area contributed by atoms with Crippen LogP contribution in [0.25, 0.3) is 5.69 Å². The van der Waals surface area contributed by atoms with E-state index in [1.165, 1.54) is 11.8 Å². The van der Waals surface area contributed by atoms with Crippen molar-refractivity contribution in [3.8, 4) is 5.69 Å². The molecule has 1 N–H and O–H groups in total. The molecule has 0 aliphatic carbocycles. The van der Waals surface area contributed by atoms with Crippen LogP contribution in [-0.4, -0.2) is 40.4 Å². The summed E-state index contributed by atoms with van der Waals surface area (Å²) in [7, 11) is 0. The maximum absolute atomic E-state index is 12.5. The van der Waals surface area contributed by atoms with Gasteiger partial charge in [-0.3, -0.25) is 9.59 Å². The van der Waals surface area contributed by atoms with Gasteiger partial charge in [0.2, 0.25) is 11.8 Å². The van der Waals surface area contributed by atoms with Crippen molar-refractivity contribution in [1.29, 1.82) is 0 Å². The van der Waals surface area contributed by atoms with Gasteiger partial charge in [0.15, 0.2) is 0 Å². The molecule has 27 heavy (non-hydrogen) atoms. The zero-order valence-electron chi connectivity index (χ0n) is 15.9. The predicted octanol–water partition coefficient (Wildman–Crippen LogP) is 3.32. The summed E-state index contributed by atoms with van der Waals surface area (Å²) in [5.41, 5.74) is 2.70. The van der Waals surface area contributed by atoms with Crippen molar-refractivity contribution in [3.05, 3.63) is 36.0 Å². The number of thioether (sulfide) groups is 1. The number of para-hydroxylation sites is 1. The van der Waals surface area contributed by atoms with Crippen molar-refractivity contribution < 1.29 is 9.59 Å². The fourth-order valence-corrected chi connectivity index (χ4v) is 4.22. The maximum Gasteiger partial charge on any atom is 0.237 e. The normalized spacial score (nSPS) is 13.6. The van der Waals surface area contributed by atoms with Crippen LogP contribution < -0.4 is 10.2 Å². The van der Waals surface area contributed by atoms with Crippen molar-refractivity contribution in [2.45, 2.75) is 44.6 Å². The molecule has 0 atom stereocenters. The zero-order chi connectivity index (χ0) is 19.2. The molecule has 2 amide bonds. The van der Waals surface area contributed by atoms with Crippen LogP contribution in [0, 0.1) is 6.92 Å². The van der Waals surface area contributed by atoms with Crippen LogP contribution in [0.3, 0.4) is 0 Å². The fraction of sp³-hybridized carbons (Fsp3) is 0.450. The van der Waals surface area contributed by atoms with E-state index in [9.17, 15) is 9.59 Å². The number of anilines is 1. The summed E-state index contributed by atoms with van der Waals surface area (Å²) in [6, 6.07) is 9.95. The number of aryl methyl sites for hydroxylation is 1. The third kappa shape index (κ3) is 4.53. The van der Waals surface area contributed by atoms with Crippen molar-refractivity contribution >= 4 is 29.3 Å². The molecule has 0 fully saturated rings. The standard InChI is InChI=1S/C20H26N4O2S/c1-3-4-12-21-17(25)11-8-13-23-18(26)14-27-20-19(23)15(2)22-24(20)16-9-6-5-7-10-16/h5-7,9-10H,3-4,8,11-14H2,1-2H3,(H,21,25). The van der Waals surface area contributed by atoms with Crippen LogP contribution in [0.2, 0.25) is 0 Å². The summed E-state index contributed by atoms with van der Waals surface area (Å²) in [5, 5.41) is 8.58. The van der Waals surface area contributed by atoms with Gasteiger partial charge in [0.25, 0.3) is 0 Å². The number of aromatic nitrogens is 2. The maximum atomic E-state index is 12.5. The quantitative estimate of drug-likeness (QED) is 0.707. The lowest BCUT2D eigenvalue weighted by molar-refractivity contribution is -0.121. The van der Waals surface area contributed by atoms with E-state index in [1.807, 2.05) is 41.9 Å². The van der Waals surface area contributed by atoms with Crippen LogP contribution in [0.4, 0.5) is 5.69 Å². The summed E-state index contributed by atoms with van der Waals surface area (Å²) in [6.45, 7) is 5.29. The molecular formula is C20H26N4O2S. The number of hydrogen-bond acceptors (Lipinski definition) is 4. The summed E-state index contributed by atoms with van der Waals surface area (Å²) in [4.78, 5) is 26.2. The number of benzene rings is 1. The molecule has 2 heterocycles. The van der Waals surface area contributed by atoms with E-state index in [0.717, 1.165) is 41.5 Å². The highest BCUT2D eigenvalue weighted by atomic mass is 32.2. The molecule has 144 valence electrons. The van der Waals surface area contributed by atoms with Crippen LogP contribution in [-0.2, 0) is 9.59 Å². The summed E-state index contributed by atoms with van der Waals surface area (Å²) < 4.78 is 1.91. The van der Waals surface area contributed by atoms with Crippen molar-refractivity contribution in [1.82, 2.24) is 15.1 Å². The molecule has 3 rings (SSSR count). The van der Waals surface area contributed by atoms with Crippen LogP contribution in [0.15, 0.2) is 35.4 Å². The first-order valence-corrected chi connectivity index (χ1v) is 10.4. The van der Waals surface area contributed by atoms with Gasteiger partial charge in [-0.2, -0.15) is 5.10 Å². The molecule has 7 heteroatoms. The first-order valence-electron chi connectivity index (χ1n) is 9.46. The second kappa shape index (κ2) is 9.08. The molecule has 0 bridgehead atoms. The number of carbonyl (C=O) groups excluding carboxylic acids is 2. The lowest BCUT2D eigenvalue weighted by Gasteiger charge is -2.27. The molecule has 1 aromatic heterocycles. The van der Waals surface area contributed by atoms with E-state index in [-0.39, 0.29) is 11.8 Å². The van der Waals surface area contributed by atoms with E-state index in [0.29, 0.717) is 25.1 Å². The topological polar surface area (TPSA) is 67.2 Å².